The van der Waals surface area contributed by atoms with Crippen LogP contribution in [0.4, 0.5) is 0 Å². The third kappa shape index (κ3) is 1.27. The second-order valence-corrected chi connectivity index (χ2v) is 1.93. The standard InChI is InChI=1S/C5H8O4/c6-2-4-3(7)1-5(8)9-4/h4-6,8H,1-2H2/t4-,5?/m0/s1. The van der Waals surface area contributed by atoms with Gasteiger partial charge in [0.1, 0.15) is 6.10 Å². The number of carbonyl (C=O) groups is 1. The van der Waals surface area contributed by atoms with Gasteiger partial charge in [0.25, 0.3) is 0 Å². The Morgan fingerprint density at radius 3 is 2.67 bits per heavy atom. The Hall–Kier alpha value is -0.450. The van der Waals surface area contributed by atoms with Crippen LogP contribution in [-0.2, 0) is 9.53 Å². The van der Waals surface area contributed by atoms with E-state index in [1.54, 1.807) is 0 Å². The Kier molecular flexibility index (Phi) is 1.80. The van der Waals surface area contributed by atoms with E-state index < -0.39 is 12.4 Å². The van der Waals surface area contributed by atoms with Gasteiger partial charge in [-0.25, -0.2) is 0 Å². The van der Waals surface area contributed by atoms with Crippen LogP contribution in [0, 0.1) is 0 Å². The van der Waals surface area contributed by atoms with E-state index in [2.05, 4.69) is 4.74 Å². The molecule has 2 N–H and O–H groups in total. The van der Waals surface area contributed by atoms with Gasteiger partial charge in [-0.1, -0.05) is 0 Å². The molecular formula is C5H8O4. The Morgan fingerprint density at radius 1 is 1.78 bits per heavy atom. The van der Waals surface area contributed by atoms with E-state index in [0.717, 1.165) is 0 Å². The molecule has 0 bridgehead atoms. The fourth-order valence-corrected chi connectivity index (χ4v) is 0.762. The lowest BCUT2D eigenvalue weighted by Gasteiger charge is -2.02. The lowest BCUT2D eigenvalue weighted by atomic mass is 10.2. The molecule has 0 spiro atoms. The van der Waals surface area contributed by atoms with Crippen LogP contribution in [-0.4, -0.2) is 35.0 Å². The molecule has 0 amide bonds. The molecule has 1 fully saturated rings. The van der Waals surface area contributed by atoms with Gasteiger partial charge in [-0.3, -0.25) is 4.79 Å². The summed E-state index contributed by atoms with van der Waals surface area (Å²) in [4.78, 5) is 10.6. The minimum Gasteiger partial charge on any atom is -0.393 e. The molecule has 4 nitrogen and oxygen atoms in total. The van der Waals surface area contributed by atoms with E-state index in [1.807, 2.05) is 0 Å². The van der Waals surface area contributed by atoms with E-state index >= 15 is 0 Å². The van der Waals surface area contributed by atoms with E-state index in [0.29, 0.717) is 0 Å². The number of ether oxygens (including phenoxy) is 1. The molecule has 1 aliphatic rings. The second kappa shape index (κ2) is 2.43. The number of carbonyl (C=O) groups excluding carboxylic acids is 1. The lowest BCUT2D eigenvalue weighted by Crippen LogP contribution is -2.20. The molecule has 52 valence electrons. The average molecular weight is 132 g/mol. The van der Waals surface area contributed by atoms with Crippen molar-refractivity contribution in [1.29, 1.82) is 0 Å². The highest BCUT2D eigenvalue weighted by atomic mass is 16.6. The van der Waals surface area contributed by atoms with Crippen molar-refractivity contribution in [3.63, 3.8) is 0 Å². The van der Waals surface area contributed by atoms with Crippen molar-refractivity contribution >= 4 is 5.78 Å². The molecule has 0 aliphatic carbocycles. The zero-order valence-corrected chi connectivity index (χ0v) is 4.78. The van der Waals surface area contributed by atoms with Crippen molar-refractivity contribution in [2.45, 2.75) is 18.8 Å². The van der Waals surface area contributed by atoms with Crippen LogP contribution in [0.1, 0.15) is 6.42 Å². The van der Waals surface area contributed by atoms with E-state index in [-0.39, 0.29) is 18.8 Å². The molecule has 0 aromatic carbocycles. The third-order valence-electron chi connectivity index (χ3n) is 1.22. The van der Waals surface area contributed by atoms with Gasteiger partial charge in [0.2, 0.25) is 0 Å². The van der Waals surface area contributed by atoms with Gasteiger partial charge >= 0.3 is 0 Å². The Morgan fingerprint density at radius 2 is 2.44 bits per heavy atom. The molecule has 0 radical (unpaired) electrons. The van der Waals surface area contributed by atoms with Crippen LogP contribution in [0.2, 0.25) is 0 Å². The van der Waals surface area contributed by atoms with Crippen molar-refractivity contribution in [2.24, 2.45) is 0 Å². The van der Waals surface area contributed by atoms with Gasteiger partial charge in [0.05, 0.1) is 13.0 Å². The fraction of sp³-hybridized carbons (Fsp3) is 0.800. The lowest BCUT2D eigenvalue weighted by molar-refractivity contribution is -0.129. The van der Waals surface area contributed by atoms with Crippen LogP contribution in [0.15, 0.2) is 0 Å². The molecule has 9 heavy (non-hydrogen) atoms. The first-order chi connectivity index (χ1) is 4.24. The first kappa shape index (κ1) is 6.67. The van der Waals surface area contributed by atoms with Crippen molar-refractivity contribution in [3.05, 3.63) is 0 Å². The minimum absolute atomic E-state index is 0.00519. The Labute approximate surface area is 52.1 Å². The van der Waals surface area contributed by atoms with Crippen molar-refractivity contribution < 1.29 is 19.7 Å². The Bertz CT molecular complexity index is 122. The maximum absolute atomic E-state index is 10.6. The number of hydrogen-bond donors (Lipinski definition) is 2. The van der Waals surface area contributed by atoms with Crippen LogP contribution in [0.3, 0.4) is 0 Å². The topological polar surface area (TPSA) is 66.8 Å². The summed E-state index contributed by atoms with van der Waals surface area (Å²) in [6.07, 6.45) is -1.79. The molecule has 4 heteroatoms. The summed E-state index contributed by atoms with van der Waals surface area (Å²) in [5.74, 6) is -0.231. The first-order valence-electron chi connectivity index (χ1n) is 2.71. The van der Waals surface area contributed by atoms with Crippen LogP contribution < -0.4 is 0 Å². The third-order valence-corrected chi connectivity index (χ3v) is 1.22. The zero-order valence-electron chi connectivity index (χ0n) is 4.78. The van der Waals surface area contributed by atoms with E-state index in [9.17, 15) is 4.79 Å². The highest BCUT2D eigenvalue weighted by Crippen LogP contribution is 2.12. The SMILES string of the molecule is O=C1CC(O)O[C@H]1CO. The molecule has 1 rings (SSSR count). The highest BCUT2D eigenvalue weighted by molar-refractivity contribution is 5.85. The molecule has 2 atom stereocenters. The van der Waals surface area contributed by atoms with Gasteiger partial charge < -0.3 is 14.9 Å². The first-order valence-corrected chi connectivity index (χ1v) is 2.71. The van der Waals surface area contributed by atoms with E-state index in [4.69, 9.17) is 10.2 Å². The monoisotopic (exact) mass is 132 g/mol. The Balaban J connectivity index is 2.48. The summed E-state index contributed by atoms with van der Waals surface area (Å²) >= 11 is 0. The summed E-state index contributed by atoms with van der Waals surface area (Å²) < 4.78 is 4.58. The molecule has 0 aromatic heterocycles. The normalized spacial score (nSPS) is 35.6. The van der Waals surface area contributed by atoms with Gasteiger partial charge in [-0.15, -0.1) is 0 Å². The fourth-order valence-electron chi connectivity index (χ4n) is 0.762. The van der Waals surface area contributed by atoms with Crippen LogP contribution in [0.5, 0.6) is 0 Å². The predicted octanol–water partition coefficient (Wildman–Crippen LogP) is -1.34. The number of aliphatic hydroxyl groups is 2. The molecule has 1 unspecified atom stereocenters. The van der Waals surface area contributed by atoms with Crippen LogP contribution >= 0.6 is 0 Å². The van der Waals surface area contributed by atoms with Crippen LogP contribution in [0.25, 0.3) is 0 Å². The number of Topliss-reactive ketones (excluding diaryl/α,β-unsaturated/α-hetero) is 1. The maximum atomic E-state index is 10.6. The van der Waals surface area contributed by atoms with Gasteiger partial charge in [-0.2, -0.15) is 0 Å². The quantitative estimate of drug-likeness (QED) is 0.463. The largest absolute Gasteiger partial charge is 0.393 e. The predicted molar refractivity (Wildman–Crippen MR) is 27.6 cm³/mol. The second-order valence-electron chi connectivity index (χ2n) is 1.93. The maximum Gasteiger partial charge on any atom is 0.169 e. The highest BCUT2D eigenvalue weighted by Gasteiger charge is 2.30. The smallest absolute Gasteiger partial charge is 0.169 e. The van der Waals surface area contributed by atoms with Crippen molar-refractivity contribution in [1.82, 2.24) is 0 Å². The van der Waals surface area contributed by atoms with Gasteiger partial charge in [0.15, 0.2) is 12.1 Å². The number of rotatable bonds is 1. The van der Waals surface area contributed by atoms with Crippen molar-refractivity contribution in [2.75, 3.05) is 6.61 Å². The molecule has 1 saturated heterocycles. The minimum atomic E-state index is -1.00. The number of ketones is 1. The molecule has 0 saturated carbocycles. The molecular weight excluding hydrogens is 124 g/mol. The van der Waals surface area contributed by atoms with E-state index in [1.165, 1.54) is 0 Å². The summed E-state index contributed by atoms with van der Waals surface area (Å²) in [5, 5.41) is 17.0. The number of aliphatic hydroxyl groups excluding tert-OH is 2. The van der Waals surface area contributed by atoms with Crippen molar-refractivity contribution in [3.8, 4) is 0 Å². The summed E-state index contributed by atoms with van der Waals surface area (Å²) in [6, 6.07) is 0. The van der Waals surface area contributed by atoms with Gasteiger partial charge in [-0.05, 0) is 0 Å². The molecule has 0 aromatic rings. The molecule has 1 aliphatic heterocycles. The summed E-state index contributed by atoms with van der Waals surface area (Å²) in [7, 11) is 0. The number of hydrogen-bond acceptors (Lipinski definition) is 4. The summed E-state index contributed by atoms with van der Waals surface area (Å²) in [5.41, 5.74) is 0. The average Bonchev–Trinajstić information content (AvgIpc) is 2.10. The zero-order chi connectivity index (χ0) is 6.85. The van der Waals surface area contributed by atoms with Gasteiger partial charge in [0, 0.05) is 0 Å². The molecule has 1 heterocycles. The summed E-state index contributed by atoms with van der Waals surface area (Å²) in [6.45, 7) is -0.337.